The summed E-state index contributed by atoms with van der Waals surface area (Å²) in [5.74, 6) is 0. The summed E-state index contributed by atoms with van der Waals surface area (Å²) in [6, 6.07) is 0.230. The monoisotopic (exact) mass is 222 g/mol. The van der Waals surface area contributed by atoms with E-state index in [1.807, 2.05) is 0 Å². The Bertz CT molecular complexity index is 215. The highest BCUT2D eigenvalue weighted by molar-refractivity contribution is 4.94. The van der Waals surface area contributed by atoms with E-state index in [0.29, 0.717) is 0 Å². The van der Waals surface area contributed by atoms with Crippen molar-refractivity contribution in [3.63, 3.8) is 0 Å². The number of nitrogens with zero attached hydrogens (tertiary/aromatic N) is 1. The van der Waals surface area contributed by atoms with Crippen LogP contribution in [-0.2, 0) is 0 Å². The molecule has 1 unspecified atom stereocenters. The maximum atomic E-state index is 12.4. The van der Waals surface area contributed by atoms with E-state index in [2.05, 4.69) is 0 Å². The highest BCUT2D eigenvalue weighted by atomic mass is 19.4. The molecule has 0 aromatic heterocycles. The molecule has 2 aliphatic rings. The van der Waals surface area contributed by atoms with E-state index < -0.39 is 12.7 Å². The quantitative estimate of drug-likeness (QED) is 0.734. The molecule has 2 fully saturated rings. The normalized spacial score (nSPS) is 38.0. The molecule has 2 N–H and O–H groups in total. The van der Waals surface area contributed by atoms with Crippen molar-refractivity contribution in [2.75, 3.05) is 6.54 Å². The highest BCUT2D eigenvalue weighted by Gasteiger charge is 2.42. The number of rotatable bonds is 1. The summed E-state index contributed by atoms with van der Waals surface area (Å²) in [4.78, 5) is 1.63. The van der Waals surface area contributed by atoms with Crippen LogP contribution < -0.4 is 5.73 Å². The van der Waals surface area contributed by atoms with Gasteiger partial charge in [0.2, 0.25) is 0 Å². The molecule has 5 heteroatoms. The zero-order valence-corrected chi connectivity index (χ0v) is 8.63. The van der Waals surface area contributed by atoms with Gasteiger partial charge in [0, 0.05) is 18.1 Å². The molecule has 2 heterocycles. The van der Waals surface area contributed by atoms with Crippen LogP contribution in [0, 0.1) is 0 Å². The zero-order valence-electron chi connectivity index (χ0n) is 8.63. The van der Waals surface area contributed by atoms with Crippen molar-refractivity contribution in [1.29, 1.82) is 0 Å². The van der Waals surface area contributed by atoms with E-state index >= 15 is 0 Å². The van der Waals surface area contributed by atoms with Crippen molar-refractivity contribution in [2.24, 2.45) is 5.73 Å². The van der Waals surface area contributed by atoms with Gasteiger partial charge in [0.1, 0.15) is 0 Å². The fourth-order valence-corrected chi connectivity index (χ4v) is 2.99. The molecular formula is C10H17F3N2. The number of halogens is 3. The maximum absolute atomic E-state index is 12.4. The first-order valence-corrected chi connectivity index (χ1v) is 5.54. The minimum absolute atomic E-state index is 0.0640. The van der Waals surface area contributed by atoms with Gasteiger partial charge in [-0.15, -0.1) is 0 Å². The average Bonchev–Trinajstić information content (AvgIpc) is 2.04. The van der Waals surface area contributed by atoms with E-state index in [0.717, 1.165) is 32.1 Å². The van der Waals surface area contributed by atoms with Crippen molar-refractivity contribution in [3.8, 4) is 0 Å². The van der Waals surface area contributed by atoms with E-state index in [4.69, 9.17) is 5.73 Å². The smallest absolute Gasteiger partial charge is 0.328 e. The van der Waals surface area contributed by atoms with Crippen LogP contribution in [0.15, 0.2) is 0 Å². The second kappa shape index (κ2) is 3.94. The lowest BCUT2D eigenvalue weighted by Crippen LogP contribution is -2.57. The average molecular weight is 222 g/mol. The topological polar surface area (TPSA) is 29.3 Å². The molecule has 0 spiro atoms. The predicted molar refractivity (Wildman–Crippen MR) is 51.4 cm³/mol. The molecule has 0 amide bonds. The Labute approximate surface area is 87.6 Å². The van der Waals surface area contributed by atoms with Crippen LogP contribution in [0.1, 0.15) is 32.1 Å². The first-order valence-electron chi connectivity index (χ1n) is 5.54. The molecule has 0 aromatic rings. The fraction of sp³-hybridized carbons (Fsp3) is 1.00. The van der Waals surface area contributed by atoms with E-state index in [-0.39, 0.29) is 18.1 Å². The summed E-state index contributed by atoms with van der Waals surface area (Å²) >= 11 is 0. The summed E-state index contributed by atoms with van der Waals surface area (Å²) in [5, 5.41) is 0. The Morgan fingerprint density at radius 3 is 2.13 bits per heavy atom. The number of hydrogen-bond acceptors (Lipinski definition) is 2. The summed E-state index contributed by atoms with van der Waals surface area (Å²) in [6.07, 6.45) is 0.186. The van der Waals surface area contributed by atoms with Gasteiger partial charge < -0.3 is 5.73 Å². The van der Waals surface area contributed by atoms with Crippen LogP contribution in [0.5, 0.6) is 0 Å². The van der Waals surface area contributed by atoms with Gasteiger partial charge in [-0.25, -0.2) is 0 Å². The van der Waals surface area contributed by atoms with Gasteiger partial charge in [-0.2, -0.15) is 13.2 Å². The van der Waals surface area contributed by atoms with Gasteiger partial charge in [0.15, 0.2) is 0 Å². The van der Waals surface area contributed by atoms with Crippen LogP contribution in [0.4, 0.5) is 13.2 Å². The Morgan fingerprint density at radius 1 is 1.13 bits per heavy atom. The van der Waals surface area contributed by atoms with Crippen molar-refractivity contribution >= 4 is 0 Å². The molecule has 2 saturated heterocycles. The zero-order chi connectivity index (χ0) is 11.1. The summed E-state index contributed by atoms with van der Waals surface area (Å²) in [6.45, 7) is -0.755. The Hall–Kier alpha value is -0.290. The number of alkyl halides is 3. The van der Waals surface area contributed by atoms with Gasteiger partial charge in [-0.1, -0.05) is 6.42 Å². The Morgan fingerprint density at radius 2 is 1.67 bits per heavy atom. The molecule has 2 bridgehead atoms. The fourth-order valence-electron chi connectivity index (χ4n) is 2.99. The van der Waals surface area contributed by atoms with E-state index in [1.54, 1.807) is 4.90 Å². The molecule has 2 rings (SSSR count). The van der Waals surface area contributed by atoms with E-state index in [1.165, 1.54) is 0 Å². The molecule has 2 aliphatic heterocycles. The number of hydrogen-bond donors (Lipinski definition) is 1. The first kappa shape index (κ1) is 11.2. The van der Waals surface area contributed by atoms with Crippen LogP contribution in [0.3, 0.4) is 0 Å². The predicted octanol–water partition coefficient (Wildman–Crippen LogP) is 1.89. The van der Waals surface area contributed by atoms with Gasteiger partial charge in [0.25, 0.3) is 0 Å². The first-order chi connectivity index (χ1) is 6.96. The lowest BCUT2D eigenvalue weighted by Gasteiger charge is -2.48. The molecule has 2 nitrogen and oxygen atoms in total. The van der Waals surface area contributed by atoms with Crippen molar-refractivity contribution in [2.45, 2.75) is 56.4 Å². The third-order valence-corrected chi connectivity index (χ3v) is 3.52. The second-order valence-electron chi connectivity index (χ2n) is 4.76. The van der Waals surface area contributed by atoms with Crippen LogP contribution in [-0.4, -0.2) is 35.7 Å². The van der Waals surface area contributed by atoms with E-state index in [9.17, 15) is 13.2 Å². The van der Waals surface area contributed by atoms with Crippen molar-refractivity contribution in [1.82, 2.24) is 4.90 Å². The summed E-state index contributed by atoms with van der Waals surface area (Å²) < 4.78 is 37.1. The standard InChI is InChI=1S/C10H17F3N2/c11-10(12,13)6-15-8-2-1-3-9(15)5-7(14)4-8/h7-9H,1-6,14H2/t7?,8-,9+. The van der Waals surface area contributed by atoms with Crippen LogP contribution in [0.25, 0.3) is 0 Å². The lowest BCUT2D eigenvalue weighted by atomic mass is 9.82. The molecule has 3 atom stereocenters. The molecule has 0 saturated carbocycles. The number of piperidine rings is 2. The largest absolute Gasteiger partial charge is 0.401 e. The number of fused-ring (bicyclic) bond motifs is 2. The van der Waals surface area contributed by atoms with Gasteiger partial charge >= 0.3 is 6.18 Å². The van der Waals surface area contributed by atoms with Gasteiger partial charge in [0.05, 0.1) is 6.54 Å². The van der Waals surface area contributed by atoms with Crippen molar-refractivity contribution in [3.05, 3.63) is 0 Å². The SMILES string of the molecule is NC1C[C@H]2CCC[C@@H](C1)N2CC(F)(F)F. The minimum Gasteiger partial charge on any atom is -0.328 e. The lowest BCUT2D eigenvalue weighted by molar-refractivity contribution is -0.166. The van der Waals surface area contributed by atoms with Gasteiger partial charge in [-0.3, -0.25) is 4.90 Å². The molecule has 0 radical (unpaired) electrons. The second-order valence-corrected chi connectivity index (χ2v) is 4.76. The van der Waals surface area contributed by atoms with Gasteiger partial charge in [-0.05, 0) is 25.7 Å². The third-order valence-electron chi connectivity index (χ3n) is 3.52. The Kier molecular flexibility index (Phi) is 2.94. The third kappa shape index (κ3) is 2.64. The molecule has 0 aromatic carbocycles. The molecule has 15 heavy (non-hydrogen) atoms. The Balaban J connectivity index is 2.04. The molecular weight excluding hydrogens is 205 g/mol. The van der Waals surface area contributed by atoms with Crippen LogP contribution >= 0.6 is 0 Å². The van der Waals surface area contributed by atoms with Crippen molar-refractivity contribution < 1.29 is 13.2 Å². The molecule has 88 valence electrons. The maximum Gasteiger partial charge on any atom is 0.401 e. The minimum atomic E-state index is -4.07. The molecule has 0 aliphatic carbocycles. The summed E-state index contributed by atoms with van der Waals surface area (Å²) in [5.41, 5.74) is 5.84. The highest BCUT2D eigenvalue weighted by Crippen LogP contribution is 2.35. The number of nitrogens with two attached hydrogens (primary N) is 1. The van der Waals surface area contributed by atoms with Crippen LogP contribution in [0.2, 0.25) is 0 Å². The summed E-state index contributed by atoms with van der Waals surface area (Å²) in [7, 11) is 0.